The van der Waals surface area contributed by atoms with Crippen molar-refractivity contribution in [1.82, 2.24) is 14.3 Å². The van der Waals surface area contributed by atoms with Gasteiger partial charge >= 0.3 is 0 Å². The predicted molar refractivity (Wildman–Crippen MR) is 70.4 cm³/mol. The summed E-state index contributed by atoms with van der Waals surface area (Å²) in [5.41, 5.74) is 0. The van der Waals surface area contributed by atoms with Gasteiger partial charge in [-0.1, -0.05) is 13.8 Å². The number of hydrogen-bond acceptors (Lipinski definition) is 4. The summed E-state index contributed by atoms with van der Waals surface area (Å²) >= 11 is 0. The zero-order chi connectivity index (χ0) is 14.3. The lowest BCUT2D eigenvalue weighted by Crippen LogP contribution is -2.44. The Kier molecular flexibility index (Phi) is 6.00. The SMILES string of the molecule is CCN(CC)S(=O)(=O)NCC(=O)NCc1ccco1. The van der Waals surface area contributed by atoms with Gasteiger partial charge < -0.3 is 9.73 Å². The maximum absolute atomic E-state index is 11.7. The van der Waals surface area contributed by atoms with Crippen LogP contribution in [0.3, 0.4) is 0 Å². The highest BCUT2D eigenvalue weighted by Gasteiger charge is 2.18. The Bertz CT molecular complexity index is 480. The number of nitrogens with zero attached hydrogens (tertiary/aromatic N) is 1. The fourth-order valence-electron chi connectivity index (χ4n) is 1.47. The fourth-order valence-corrected chi connectivity index (χ4v) is 2.65. The van der Waals surface area contributed by atoms with Crippen LogP contribution in [-0.2, 0) is 21.5 Å². The van der Waals surface area contributed by atoms with E-state index >= 15 is 0 Å². The van der Waals surface area contributed by atoms with Crippen LogP contribution in [0.15, 0.2) is 22.8 Å². The van der Waals surface area contributed by atoms with E-state index in [0.29, 0.717) is 18.8 Å². The summed E-state index contributed by atoms with van der Waals surface area (Å²) in [5.74, 6) is 0.201. The molecular weight excluding hydrogens is 270 g/mol. The zero-order valence-corrected chi connectivity index (χ0v) is 11.9. The minimum absolute atomic E-state index is 0.235. The average Bonchev–Trinajstić information content (AvgIpc) is 2.88. The van der Waals surface area contributed by atoms with Gasteiger partial charge in [0.15, 0.2) is 0 Å². The molecule has 0 aliphatic rings. The molecule has 7 nitrogen and oxygen atoms in total. The molecule has 0 unspecified atom stereocenters. The monoisotopic (exact) mass is 289 g/mol. The molecule has 0 atom stereocenters. The molecule has 0 spiro atoms. The van der Waals surface area contributed by atoms with Gasteiger partial charge in [-0.2, -0.15) is 17.4 Å². The van der Waals surface area contributed by atoms with Crippen molar-refractivity contribution >= 4 is 16.1 Å². The molecule has 0 aromatic carbocycles. The maximum Gasteiger partial charge on any atom is 0.279 e. The van der Waals surface area contributed by atoms with E-state index in [1.807, 2.05) is 0 Å². The van der Waals surface area contributed by atoms with Crippen LogP contribution in [0.5, 0.6) is 0 Å². The Balaban J connectivity index is 2.37. The van der Waals surface area contributed by atoms with E-state index in [-0.39, 0.29) is 13.1 Å². The van der Waals surface area contributed by atoms with Crippen LogP contribution in [0, 0.1) is 0 Å². The number of hydrogen-bond donors (Lipinski definition) is 2. The summed E-state index contributed by atoms with van der Waals surface area (Å²) in [7, 11) is -3.59. The molecular formula is C11H19N3O4S. The van der Waals surface area contributed by atoms with Crippen LogP contribution in [0.2, 0.25) is 0 Å². The Labute approximate surface area is 113 Å². The minimum atomic E-state index is -3.59. The maximum atomic E-state index is 11.7. The second-order valence-corrected chi connectivity index (χ2v) is 5.52. The number of rotatable bonds is 8. The Morgan fingerprint density at radius 3 is 2.58 bits per heavy atom. The molecule has 1 aromatic heterocycles. The van der Waals surface area contributed by atoms with Crippen molar-refractivity contribution in [3.63, 3.8) is 0 Å². The number of amides is 1. The van der Waals surface area contributed by atoms with Crippen molar-refractivity contribution in [2.75, 3.05) is 19.6 Å². The van der Waals surface area contributed by atoms with Crippen LogP contribution in [0.25, 0.3) is 0 Å². The van der Waals surface area contributed by atoms with Gasteiger partial charge in [0, 0.05) is 13.1 Å². The zero-order valence-electron chi connectivity index (χ0n) is 11.0. The van der Waals surface area contributed by atoms with Gasteiger partial charge in [-0.15, -0.1) is 0 Å². The summed E-state index contributed by atoms with van der Waals surface area (Å²) in [4.78, 5) is 11.5. The molecule has 0 bridgehead atoms. The molecule has 1 aromatic rings. The summed E-state index contributed by atoms with van der Waals surface area (Å²) in [6.45, 7) is 4.14. The molecule has 1 amide bonds. The first kappa shape index (κ1) is 15.7. The highest BCUT2D eigenvalue weighted by molar-refractivity contribution is 7.87. The summed E-state index contributed by atoms with van der Waals surface area (Å²) in [6.07, 6.45) is 1.50. The second kappa shape index (κ2) is 7.27. The van der Waals surface area contributed by atoms with Crippen molar-refractivity contribution in [2.24, 2.45) is 0 Å². The average molecular weight is 289 g/mol. The van der Waals surface area contributed by atoms with Crippen molar-refractivity contribution in [3.8, 4) is 0 Å². The van der Waals surface area contributed by atoms with Gasteiger partial charge in [-0.25, -0.2) is 0 Å². The first-order valence-electron chi connectivity index (χ1n) is 6.03. The van der Waals surface area contributed by atoms with E-state index in [0.717, 1.165) is 0 Å². The van der Waals surface area contributed by atoms with Gasteiger partial charge in [0.2, 0.25) is 5.91 Å². The minimum Gasteiger partial charge on any atom is -0.467 e. The van der Waals surface area contributed by atoms with Crippen molar-refractivity contribution in [3.05, 3.63) is 24.2 Å². The van der Waals surface area contributed by atoms with Crippen molar-refractivity contribution in [2.45, 2.75) is 20.4 Å². The molecule has 108 valence electrons. The van der Waals surface area contributed by atoms with Crippen LogP contribution >= 0.6 is 0 Å². The smallest absolute Gasteiger partial charge is 0.279 e. The lowest BCUT2D eigenvalue weighted by molar-refractivity contribution is -0.120. The van der Waals surface area contributed by atoms with E-state index < -0.39 is 16.1 Å². The summed E-state index contributed by atoms with van der Waals surface area (Å²) in [5, 5.41) is 2.55. The van der Waals surface area contributed by atoms with Crippen LogP contribution in [-0.4, -0.2) is 38.3 Å². The molecule has 0 radical (unpaired) electrons. The van der Waals surface area contributed by atoms with Crippen molar-refractivity contribution in [1.29, 1.82) is 0 Å². The van der Waals surface area contributed by atoms with Gasteiger partial charge in [-0.05, 0) is 12.1 Å². The van der Waals surface area contributed by atoms with Gasteiger partial charge in [-0.3, -0.25) is 4.79 Å². The Hall–Kier alpha value is -1.38. The fraction of sp³-hybridized carbons (Fsp3) is 0.545. The molecule has 0 fully saturated rings. The number of carbonyl (C=O) groups is 1. The van der Waals surface area contributed by atoms with E-state index in [9.17, 15) is 13.2 Å². The van der Waals surface area contributed by atoms with Crippen LogP contribution in [0.1, 0.15) is 19.6 Å². The Morgan fingerprint density at radius 2 is 2.05 bits per heavy atom. The first-order chi connectivity index (χ1) is 8.99. The summed E-state index contributed by atoms with van der Waals surface area (Å²) in [6, 6.07) is 3.44. The van der Waals surface area contributed by atoms with Gasteiger partial charge in [0.05, 0.1) is 19.4 Å². The highest BCUT2D eigenvalue weighted by atomic mass is 32.2. The predicted octanol–water partition coefficient (Wildman–Crippen LogP) is 0.0720. The highest BCUT2D eigenvalue weighted by Crippen LogP contribution is 1.98. The lowest BCUT2D eigenvalue weighted by atomic mass is 10.4. The van der Waals surface area contributed by atoms with Gasteiger partial charge in [0.1, 0.15) is 5.76 Å². The standard InChI is InChI=1S/C11H19N3O4S/c1-3-14(4-2)19(16,17)13-9-11(15)12-8-10-6-5-7-18-10/h5-7,13H,3-4,8-9H2,1-2H3,(H,12,15). The molecule has 19 heavy (non-hydrogen) atoms. The normalized spacial score (nSPS) is 11.7. The molecule has 1 rings (SSSR count). The number of nitrogens with one attached hydrogen (secondary N) is 2. The largest absolute Gasteiger partial charge is 0.467 e. The first-order valence-corrected chi connectivity index (χ1v) is 7.47. The Morgan fingerprint density at radius 1 is 1.37 bits per heavy atom. The summed E-state index contributed by atoms with van der Waals surface area (Å²) < 4.78 is 32.0. The quantitative estimate of drug-likeness (QED) is 0.708. The van der Waals surface area contributed by atoms with E-state index in [1.54, 1.807) is 26.0 Å². The molecule has 0 aliphatic carbocycles. The molecule has 8 heteroatoms. The molecule has 0 saturated heterocycles. The molecule has 0 aliphatic heterocycles. The van der Waals surface area contributed by atoms with E-state index in [1.165, 1.54) is 10.6 Å². The number of carbonyl (C=O) groups excluding carboxylic acids is 1. The topological polar surface area (TPSA) is 91.7 Å². The number of furan rings is 1. The van der Waals surface area contributed by atoms with Crippen LogP contribution in [0.4, 0.5) is 0 Å². The second-order valence-electron chi connectivity index (χ2n) is 3.77. The molecule has 0 saturated carbocycles. The molecule has 2 N–H and O–H groups in total. The van der Waals surface area contributed by atoms with Crippen LogP contribution < -0.4 is 10.0 Å². The van der Waals surface area contributed by atoms with Crippen molar-refractivity contribution < 1.29 is 17.6 Å². The van der Waals surface area contributed by atoms with E-state index in [2.05, 4.69) is 10.0 Å². The van der Waals surface area contributed by atoms with Gasteiger partial charge in [0.25, 0.3) is 10.2 Å². The third kappa shape index (κ3) is 5.01. The lowest BCUT2D eigenvalue weighted by Gasteiger charge is -2.18. The third-order valence-corrected chi connectivity index (χ3v) is 4.21. The molecule has 1 heterocycles. The third-order valence-electron chi connectivity index (χ3n) is 2.50. The van der Waals surface area contributed by atoms with E-state index in [4.69, 9.17) is 4.42 Å².